The number of aliphatic hydroxyl groups excluding tert-OH is 1. The Balaban J connectivity index is 0. The number of halogens is 2. The molecule has 0 spiro atoms. The Bertz CT molecular complexity index is 663. The minimum Gasteiger partial charge on any atom is -1.00 e. The summed E-state index contributed by atoms with van der Waals surface area (Å²) < 4.78 is 0. The van der Waals surface area contributed by atoms with Crippen LogP contribution in [0, 0.1) is 6.07 Å². The third-order valence-corrected chi connectivity index (χ3v) is 3.64. The van der Waals surface area contributed by atoms with Gasteiger partial charge in [0.25, 0.3) is 0 Å². The van der Waals surface area contributed by atoms with Gasteiger partial charge in [0.05, 0.1) is 0 Å². The van der Waals surface area contributed by atoms with Crippen molar-refractivity contribution in [2.75, 3.05) is 7.11 Å². The maximum Gasteiger partial charge on any atom is 3.00 e. The molecule has 0 aliphatic heterocycles. The summed E-state index contributed by atoms with van der Waals surface area (Å²) in [6.07, 6.45) is 3.35. The van der Waals surface area contributed by atoms with Crippen molar-refractivity contribution in [3.8, 4) is 0 Å². The first kappa shape index (κ1) is 23.7. The van der Waals surface area contributed by atoms with E-state index in [1.54, 1.807) is 0 Å². The zero-order chi connectivity index (χ0) is 13.8. The second-order valence-corrected chi connectivity index (χ2v) is 4.65. The molecule has 2 aromatic carbocycles. The van der Waals surface area contributed by atoms with Crippen molar-refractivity contribution in [2.24, 2.45) is 0 Å². The van der Waals surface area contributed by atoms with Gasteiger partial charge in [-0.25, -0.2) is 0 Å². The zero-order valence-electron chi connectivity index (χ0n) is 13.0. The number of aliphatic hydroxyl groups is 1. The standard InChI is InChI=1S/C17H15.CH4O.2ClH.Ti/c1-12-7-10-17(13(12)2)16-9-8-14-5-3-4-6-15(14)11-16;1-2;;;/h3-9H,10H2,1-2H3;2H,1H3;2*1H;/q-1;;;;+3/p-2. The fourth-order valence-corrected chi connectivity index (χ4v) is 2.40. The number of hydrogen-bond acceptors (Lipinski definition) is 1. The van der Waals surface area contributed by atoms with Crippen LogP contribution in [0.1, 0.15) is 25.8 Å². The monoisotopic (exact) mass is 369 g/mol. The van der Waals surface area contributed by atoms with Crippen molar-refractivity contribution in [3.63, 3.8) is 0 Å². The SMILES string of the molecule is CC1=CCC(c2[c-]c3ccccc3cc2)=C1C.CO.[Cl-].[Cl-].[Ti+3]. The van der Waals surface area contributed by atoms with E-state index in [2.05, 4.69) is 62.4 Å². The van der Waals surface area contributed by atoms with Gasteiger partial charge in [-0.2, -0.15) is 0 Å². The summed E-state index contributed by atoms with van der Waals surface area (Å²) >= 11 is 0. The fraction of sp³-hybridized carbons (Fsp3) is 0.222. The summed E-state index contributed by atoms with van der Waals surface area (Å²) in [7, 11) is 1.00. The summed E-state index contributed by atoms with van der Waals surface area (Å²) in [6, 6.07) is 16.3. The normalized spacial score (nSPS) is 12.3. The first-order valence-corrected chi connectivity index (χ1v) is 6.49. The van der Waals surface area contributed by atoms with Crippen molar-refractivity contribution in [1.82, 2.24) is 0 Å². The quantitative estimate of drug-likeness (QED) is 0.473. The van der Waals surface area contributed by atoms with Gasteiger partial charge in [0.1, 0.15) is 0 Å². The second-order valence-electron chi connectivity index (χ2n) is 4.65. The van der Waals surface area contributed by atoms with Gasteiger partial charge in [-0.1, -0.05) is 46.4 Å². The van der Waals surface area contributed by atoms with E-state index in [1.807, 2.05) is 0 Å². The molecule has 0 aromatic heterocycles. The molecule has 0 saturated heterocycles. The average Bonchev–Trinajstić information content (AvgIpc) is 2.81. The van der Waals surface area contributed by atoms with Crippen molar-refractivity contribution in [1.29, 1.82) is 0 Å². The third-order valence-electron chi connectivity index (χ3n) is 3.64. The van der Waals surface area contributed by atoms with E-state index in [1.165, 1.54) is 33.1 Å². The summed E-state index contributed by atoms with van der Waals surface area (Å²) in [5, 5.41) is 9.46. The van der Waals surface area contributed by atoms with Crippen LogP contribution in [0.25, 0.3) is 16.3 Å². The zero-order valence-corrected chi connectivity index (χ0v) is 16.0. The van der Waals surface area contributed by atoms with Crippen LogP contribution in [-0.4, -0.2) is 12.2 Å². The molecular weight excluding hydrogens is 351 g/mol. The maximum absolute atomic E-state index is 7.00. The van der Waals surface area contributed by atoms with Crippen LogP contribution in [0.15, 0.2) is 53.6 Å². The number of hydrogen-bond donors (Lipinski definition) is 1. The van der Waals surface area contributed by atoms with Gasteiger partial charge >= 0.3 is 21.7 Å². The molecule has 0 saturated carbocycles. The molecular formula is C18H19Cl2OTi. The summed E-state index contributed by atoms with van der Waals surface area (Å²) in [5.41, 5.74) is 5.49. The fourth-order valence-electron chi connectivity index (χ4n) is 2.40. The van der Waals surface area contributed by atoms with Crippen molar-refractivity contribution in [2.45, 2.75) is 20.3 Å². The Morgan fingerprint density at radius 3 is 2.18 bits per heavy atom. The molecule has 4 heteroatoms. The first-order chi connectivity index (χ1) is 9.25. The number of fused-ring (bicyclic) bond motifs is 1. The topological polar surface area (TPSA) is 20.2 Å². The van der Waals surface area contributed by atoms with Gasteiger partial charge in [0, 0.05) is 7.11 Å². The molecule has 0 amide bonds. The van der Waals surface area contributed by atoms with Crippen molar-refractivity contribution >= 4 is 16.3 Å². The molecule has 2 aromatic rings. The molecule has 0 unspecified atom stereocenters. The van der Waals surface area contributed by atoms with E-state index in [0.717, 1.165) is 13.5 Å². The summed E-state index contributed by atoms with van der Waals surface area (Å²) in [4.78, 5) is 0. The van der Waals surface area contributed by atoms with Gasteiger partial charge in [0.15, 0.2) is 0 Å². The van der Waals surface area contributed by atoms with Crippen LogP contribution in [0.4, 0.5) is 0 Å². The van der Waals surface area contributed by atoms with Gasteiger partial charge in [-0.15, -0.1) is 35.2 Å². The Kier molecular flexibility index (Phi) is 11.9. The van der Waals surface area contributed by atoms with Crippen LogP contribution >= 0.6 is 0 Å². The van der Waals surface area contributed by atoms with E-state index in [0.29, 0.717) is 0 Å². The molecule has 0 atom stereocenters. The van der Waals surface area contributed by atoms with Crippen LogP contribution < -0.4 is 24.8 Å². The van der Waals surface area contributed by atoms with E-state index in [4.69, 9.17) is 5.11 Å². The Morgan fingerprint density at radius 2 is 1.59 bits per heavy atom. The minimum absolute atomic E-state index is 0. The van der Waals surface area contributed by atoms with Gasteiger partial charge < -0.3 is 29.9 Å². The summed E-state index contributed by atoms with van der Waals surface area (Å²) in [5.74, 6) is 0. The average molecular weight is 370 g/mol. The van der Waals surface area contributed by atoms with E-state index < -0.39 is 0 Å². The second kappa shape index (κ2) is 11.0. The van der Waals surface area contributed by atoms with Gasteiger partial charge in [-0.05, 0) is 20.3 Å². The summed E-state index contributed by atoms with van der Waals surface area (Å²) in [6.45, 7) is 4.39. The van der Waals surface area contributed by atoms with Crippen LogP contribution in [0.3, 0.4) is 0 Å². The molecule has 0 fully saturated rings. The third kappa shape index (κ3) is 4.98. The Hall–Kier alpha value is -0.566. The molecule has 1 aliphatic rings. The van der Waals surface area contributed by atoms with Crippen LogP contribution in [0.2, 0.25) is 0 Å². The smallest absolute Gasteiger partial charge is 1.00 e. The predicted molar refractivity (Wildman–Crippen MR) is 81.9 cm³/mol. The number of allylic oxidation sites excluding steroid dienone is 4. The molecule has 0 heterocycles. The largest absolute Gasteiger partial charge is 3.00 e. The van der Waals surface area contributed by atoms with Crippen LogP contribution in [0.5, 0.6) is 0 Å². The van der Waals surface area contributed by atoms with E-state index >= 15 is 0 Å². The first-order valence-electron chi connectivity index (χ1n) is 6.49. The van der Waals surface area contributed by atoms with Crippen molar-refractivity contribution < 1.29 is 51.6 Å². The Morgan fingerprint density at radius 1 is 0.955 bits per heavy atom. The molecule has 3 rings (SSSR count). The minimum atomic E-state index is 0. The molecule has 1 nitrogen and oxygen atoms in total. The molecule has 22 heavy (non-hydrogen) atoms. The maximum atomic E-state index is 7.00. The molecule has 1 radical (unpaired) electrons. The molecule has 1 aliphatic carbocycles. The van der Waals surface area contributed by atoms with E-state index in [9.17, 15) is 0 Å². The number of benzene rings is 2. The van der Waals surface area contributed by atoms with Crippen molar-refractivity contribution in [3.05, 3.63) is 65.3 Å². The van der Waals surface area contributed by atoms with Gasteiger partial charge in [-0.3, -0.25) is 0 Å². The molecule has 1 N–H and O–H groups in total. The van der Waals surface area contributed by atoms with Gasteiger partial charge in [0.2, 0.25) is 0 Å². The molecule has 115 valence electrons. The predicted octanol–water partition coefficient (Wildman–Crippen LogP) is -1.62. The van der Waals surface area contributed by atoms with E-state index in [-0.39, 0.29) is 46.5 Å². The molecule has 0 bridgehead atoms. The Labute approximate surface area is 160 Å². The number of rotatable bonds is 1. The van der Waals surface area contributed by atoms with Crippen LogP contribution in [-0.2, 0) is 21.7 Å².